The smallest absolute Gasteiger partial charge is 0.124 e. The minimum absolute atomic E-state index is 0.509. The number of nitrogen functional groups attached to an aromatic ring is 1. The van der Waals surface area contributed by atoms with E-state index in [1.165, 1.54) is 37.7 Å². The molecule has 2 nitrogen and oxygen atoms in total. The summed E-state index contributed by atoms with van der Waals surface area (Å²) in [6.45, 7) is 0. The number of nitrogens with two attached hydrogens (primary N) is 1. The molecule has 1 aromatic heterocycles. The van der Waals surface area contributed by atoms with Crippen LogP contribution in [0.25, 0.3) is 0 Å². The topological polar surface area (TPSA) is 38.9 Å². The molecule has 0 unspecified atom stereocenters. The van der Waals surface area contributed by atoms with Crippen LogP contribution in [0.1, 0.15) is 43.6 Å². The summed E-state index contributed by atoms with van der Waals surface area (Å²) < 4.78 is 0. The predicted molar refractivity (Wildman–Crippen MR) is 59.5 cm³/mol. The van der Waals surface area contributed by atoms with Crippen LogP contribution in [0.15, 0.2) is 12.3 Å². The van der Waals surface area contributed by atoms with E-state index in [0.29, 0.717) is 11.7 Å². The van der Waals surface area contributed by atoms with Crippen LogP contribution in [0.4, 0.5) is 5.82 Å². The van der Waals surface area contributed by atoms with Crippen LogP contribution < -0.4 is 5.73 Å². The Kier molecular flexibility index (Phi) is 2.92. The van der Waals surface area contributed by atoms with Gasteiger partial charge in [-0.05, 0) is 30.4 Å². The third-order valence-corrected chi connectivity index (χ3v) is 3.28. The molecule has 0 spiro atoms. The molecule has 1 saturated carbocycles. The maximum Gasteiger partial charge on any atom is 0.124 e. The Morgan fingerprint density at radius 3 is 2.64 bits per heavy atom. The predicted octanol–water partition coefficient (Wildman–Crippen LogP) is 3.36. The minimum Gasteiger partial charge on any atom is -0.384 e. The van der Waals surface area contributed by atoms with E-state index < -0.39 is 0 Å². The van der Waals surface area contributed by atoms with Crippen molar-refractivity contribution in [3.63, 3.8) is 0 Å². The highest BCUT2D eigenvalue weighted by molar-refractivity contribution is 6.31. The van der Waals surface area contributed by atoms with E-state index in [-0.39, 0.29) is 0 Å². The van der Waals surface area contributed by atoms with Crippen molar-refractivity contribution in [3.05, 3.63) is 22.8 Å². The van der Waals surface area contributed by atoms with Gasteiger partial charge >= 0.3 is 0 Å². The Morgan fingerprint density at radius 2 is 2.00 bits per heavy atom. The summed E-state index contributed by atoms with van der Waals surface area (Å²) in [4.78, 5) is 4.11. The van der Waals surface area contributed by atoms with Gasteiger partial charge in [-0.3, -0.25) is 0 Å². The fourth-order valence-electron chi connectivity index (χ4n) is 2.17. The van der Waals surface area contributed by atoms with Gasteiger partial charge < -0.3 is 5.73 Å². The molecule has 1 aliphatic rings. The zero-order valence-corrected chi connectivity index (χ0v) is 8.93. The monoisotopic (exact) mass is 210 g/mol. The van der Waals surface area contributed by atoms with E-state index in [2.05, 4.69) is 4.98 Å². The summed E-state index contributed by atoms with van der Waals surface area (Å²) in [5.74, 6) is 1.11. The van der Waals surface area contributed by atoms with Crippen molar-refractivity contribution in [2.24, 2.45) is 0 Å². The molecule has 0 atom stereocenters. The van der Waals surface area contributed by atoms with Gasteiger partial charge in [-0.25, -0.2) is 4.98 Å². The van der Waals surface area contributed by atoms with Crippen LogP contribution in [0.5, 0.6) is 0 Å². The zero-order chi connectivity index (χ0) is 9.97. The normalized spacial score (nSPS) is 18.4. The van der Waals surface area contributed by atoms with E-state index in [4.69, 9.17) is 17.3 Å². The average Bonchev–Trinajstić information content (AvgIpc) is 2.19. The van der Waals surface area contributed by atoms with Crippen LogP contribution in [0, 0.1) is 0 Å². The van der Waals surface area contributed by atoms with Gasteiger partial charge in [-0.2, -0.15) is 0 Å². The summed E-state index contributed by atoms with van der Waals surface area (Å²) in [5, 5.41) is 0.782. The van der Waals surface area contributed by atoms with Gasteiger partial charge in [0, 0.05) is 11.2 Å². The summed E-state index contributed by atoms with van der Waals surface area (Å²) in [6, 6.07) is 1.76. The molecule has 1 aliphatic carbocycles. The van der Waals surface area contributed by atoms with Crippen molar-refractivity contribution in [1.82, 2.24) is 4.98 Å². The first kappa shape index (κ1) is 9.78. The molecule has 1 heterocycles. The molecular formula is C11H15ClN2. The number of aromatic nitrogens is 1. The van der Waals surface area contributed by atoms with Crippen molar-refractivity contribution < 1.29 is 0 Å². The van der Waals surface area contributed by atoms with Gasteiger partial charge in [-0.1, -0.05) is 30.9 Å². The summed E-state index contributed by atoms with van der Waals surface area (Å²) in [7, 11) is 0. The highest BCUT2D eigenvalue weighted by Crippen LogP contribution is 2.36. The second-order valence-electron chi connectivity index (χ2n) is 3.97. The first-order valence-electron chi connectivity index (χ1n) is 5.18. The van der Waals surface area contributed by atoms with Crippen LogP contribution in [-0.4, -0.2) is 4.98 Å². The largest absolute Gasteiger partial charge is 0.384 e. The van der Waals surface area contributed by atoms with E-state index >= 15 is 0 Å². The molecule has 0 amide bonds. The van der Waals surface area contributed by atoms with Crippen LogP contribution in [0.3, 0.4) is 0 Å². The molecule has 0 aromatic carbocycles. The van der Waals surface area contributed by atoms with Gasteiger partial charge in [0.25, 0.3) is 0 Å². The molecular weight excluding hydrogens is 196 g/mol. The standard InChI is InChI=1S/C11H15ClN2/c12-10-6-11(13)14-7-9(10)8-4-2-1-3-5-8/h6-8H,1-5H2,(H2,13,14). The molecule has 0 aliphatic heterocycles. The third kappa shape index (κ3) is 2.01. The number of rotatable bonds is 1. The molecule has 2 N–H and O–H groups in total. The van der Waals surface area contributed by atoms with Crippen LogP contribution in [-0.2, 0) is 0 Å². The highest BCUT2D eigenvalue weighted by Gasteiger charge is 2.18. The van der Waals surface area contributed by atoms with Gasteiger partial charge in [-0.15, -0.1) is 0 Å². The quantitative estimate of drug-likeness (QED) is 0.772. The van der Waals surface area contributed by atoms with Gasteiger partial charge in [0.05, 0.1) is 0 Å². The molecule has 0 radical (unpaired) electrons. The zero-order valence-electron chi connectivity index (χ0n) is 8.17. The van der Waals surface area contributed by atoms with E-state index in [1.54, 1.807) is 6.07 Å². The Labute approximate surface area is 89.5 Å². The number of halogens is 1. The molecule has 1 aromatic rings. The Hall–Kier alpha value is -0.760. The number of anilines is 1. The van der Waals surface area contributed by atoms with Crippen molar-refractivity contribution in [2.45, 2.75) is 38.0 Å². The van der Waals surface area contributed by atoms with Gasteiger partial charge in [0.15, 0.2) is 0 Å². The maximum atomic E-state index is 6.14. The lowest BCUT2D eigenvalue weighted by Crippen LogP contribution is -2.06. The van der Waals surface area contributed by atoms with E-state index in [9.17, 15) is 0 Å². The van der Waals surface area contributed by atoms with Crippen LogP contribution in [0.2, 0.25) is 5.02 Å². The van der Waals surface area contributed by atoms with Gasteiger partial charge in [0.2, 0.25) is 0 Å². The SMILES string of the molecule is Nc1cc(Cl)c(C2CCCCC2)cn1. The first-order chi connectivity index (χ1) is 6.77. The van der Waals surface area contributed by atoms with Gasteiger partial charge in [0.1, 0.15) is 5.82 Å². The number of pyridine rings is 1. The van der Waals surface area contributed by atoms with Crippen molar-refractivity contribution in [2.75, 3.05) is 5.73 Å². The third-order valence-electron chi connectivity index (χ3n) is 2.95. The maximum absolute atomic E-state index is 6.14. The van der Waals surface area contributed by atoms with E-state index in [0.717, 1.165) is 5.02 Å². The fraction of sp³-hybridized carbons (Fsp3) is 0.545. The molecule has 0 bridgehead atoms. The van der Waals surface area contributed by atoms with Crippen LogP contribution >= 0.6 is 11.6 Å². The summed E-state index contributed by atoms with van der Waals surface area (Å²) >= 11 is 6.14. The Bertz CT molecular complexity index is 319. The number of hydrogen-bond donors (Lipinski definition) is 1. The van der Waals surface area contributed by atoms with Crippen molar-refractivity contribution >= 4 is 17.4 Å². The second-order valence-corrected chi connectivity index (χ2v) is 4.37. The number of nitrogens with zero attached hydrogens (tertiary/aromatic N) is 1. The van der Waals surface area contributed by atoms with E-state index in [1.807, 2.05) is 6.20 Å². The van der Waals surface area contributed by atoms with Crippen molar-refractivity contribution in [1.29, 1.82) is 0 Å². The first-order valence-corrected chi connectivity index (χ1v) is 5.56. The lowest BCUT2D eigenvalue weighted by atomic mass is 9.85. The molecule has 2 rings (SSSR count). The van der Waals surface area contributed by atoms with Crippen molar-refractivity contribution in [3.8, 4) is 0 Å². The highest BCUT2D eigenvalue weighted by atomic mass is 35.5. The second kappa shape index (κ2) is 4.18. The summed E-state index contributed by atoms with van der Waals surface area (Å²) in [6.07, 6.45) is 8.30. The summed E-state index contributed by atoms with van der Waals surface area (Å²) in [5.41, 5.74) is 6.74. The molecule has 0 saturated heterocycles. The average molecular weight is 211 g/mol. The Morgan fingerprint density at radius 1 is 1.29 bits per heavy atom. The molecule has 14 heavy (non-hydrogen) atoms. The fourth-order valence-corrected chi connectivity index (χ4v) is 2.49. The minimum atomic E-state index is 0.509. The number of hydrogen-bond acceptors (Lipinski definition) is 2. The lowest BCUT2D eigenvalue weighted by molar-refractivity contribution is 0.443. The lowest BCUT2D eigenvalue weighted by Gasteiger charge is -2.22. The molecule has 76 valence electrons. The molecule has 1 fully saturated rings. The Balaban J connectivity index is 2.22. The molecule has 3 heteroatoms.